The molecular formula is C18H24N4O3. The molecule has 3 rings (SSSR count). The van der Waals surface area contributed by atoms with Gasteiger partial charge in [0.2, 0.25) is 0 Å². The molecule has 1 aliphatic heterocycles. The Morgan fingerprint density at radius 1 is 1.32 bits per heavy atom. The fourth-order valence-corrected chi connectivity index (χ4v) is 3.21. The molecule has 2 aromatic rings. The Kier molecular flexibility index (Phi) is 5.45. The minimum Gasteiger partial charge on any atom is -0.462 e. The first-order chi connectivity index (χ1) is 12.1. The summed E-state index contributed by atoms with van der Waals surface area (Å²) in [5.41, 5.74) is 1.28. The van der Waals surface area contributed by atoms with Crippen molar-refractivity contribution in [1.82, 2.24) is 19.7 Å². The molecule has 0 radical (unpaired) electrons. The molecule has 3 heterocycles. The maximum Gasteiger partial charge on any atom is 0.341 e. The summed E-state index contributed by atoms with van der Waals surface area (Å²) < 4.78 is 12.7. The molecule has 134 valence electrons. The predicted molar refractivity (Wildman–Crippen MR) is 92.6 cm³/mol. The average molecular weight is 344 g/mol. The van der Waals surface area contributed by atoms with Crippen molar-refractivity contribution in [2.75, 3.05) is 19.7 Å². The van der Waals surface area contributed by atoms with Crippen molar-refractivity contribution in [3.63, 3.8) is 0 Å². The normalized spacial score (nSPS) is 21.2. The van der Waals surface area contributed by atoms with Crippen molar-refractivity contribution < 1.29 is 14.3 Å². The van der Waals surface area contributed by atoms with Crippen molar-refractivity contribution in [3.05, 3.63) is 41.9 Å². The summed E-state index contributed by atoms with van der Waals surface area (Å²) in [6.07, 6.45) is 3.58. The number of ether oxygens (including phenoxy) is 2. The van der Waals surface area contributed by atoms with Gasteiger partial charge < -0.3 is 9.47 Å². The second-order valence-corrected chi connectivity index (χ2v) is 6.28. The summed E-state index contributed by atoms with van der Waals surface area (Å²) in [6, 6.07) is 5.62. The van der Waals surface area contributed by atoms with Crippen molar-refractivity contribution in [1.29, 1.82) is 0 Å². The van der Waals surface area contributed by atoms with Crippen LogP contribution < -0.4 is 0 Å². The van der Waals surface area contributed by atoms with Crippen molar-refractivity contribution in [2.45, 2.75) is 39.5 Å². The molecule has 1 aliphatic rings. The van der Waals surface area contributed by atoms with Crippen molar-refractivity contribution in [3.8, 4) is 5.82 Å². The van der Waals surface area contributed by atoms with Crippen LogP contribution in [0.2, 0.25) is 0 Å². The quantitative estimate of drug-likeness (QED) is 0.773. The molecule has 0 saturated carbocycles. The summed E-state index contributed by atoms with van der Waals surface area (Å²) in [5.74, 6) is 0.330. The first-order valence-electron chi connectivity index (χ1n) is 8.61. The molecule has 0 bridgehead atoms. The molecule has 0 spiro atoms. The number of pyridine rings is 1. The Morgan fingerprint density at radius 3 is 2.72 bits per heavy atom. The maximum atomic E-state index is 12.3. The highest BCUT2D eigenvalue weighted by Gasteiger charge is 2.27. The van der Waals surface area contributed by atoms with Crippen LogP contribution in [-0.2, 0) is 16.0 Å². The van der Waals surface area contributed by atoms with E-state index >= 15 is 0 Å². The maximum absolute atomic E-state index is 12.3. The number of morpholine rings is 1. The summed E-state index contributed by atoms with van der Waals surface area (Å²) >= 11 is 0. The lowest BCUT2D eigenvalue weighted by Gasteiger charge is -2.35. The molecule has 0 aliphatic carbocycles. The van der Waals surface area contributed by atoms with Crippen LogP contribution in [0, 0.1) is 0 Å². The fraction of sp³-hybridized carbons (Fsp3) is 0.500. The molecule has 0 aromatic carbocycles. The minimum absolute atomic E-state index is 0.154. The third-order valence-electron chi connectivity index (χ3n) is 4.10. The van der Waals surface area contributed by atoms with Crippen LogP contribution >= 0.6 is 0 Å². The van der Waals surface area contributed by atoms with Gasteiger partial charge in [0.25, 0.3) is 0 Å². The number of hydrogen-bond donors (Lipinski definition) is 0. The lowest BCUT2D eigenvalue weighted by molar-refractivity contribution is -0.0709. The summed E-state index contributed by atoms with van der Waals surface area (Å²) in [4.78, 5) is 19.0. The Bertz CT molecular complexity index is 706. The Hall–Kier alpha value is -2.25. The zero-order valence-corrected chi connectivity index (χ0v) is 14.9. The number of carbonyl (C=O) groups is 1. The lowest BCUT2D eigenvalue weighted by atomic mass is 10.2. The smallest absolute Gasteiger partial charge is 0.341 e. The van der Waals surface area contributed by atoms with Gasteiger partial charge in [-0.15, -0.1) is 0 Å². The molecular weight excluding hydrogens is 320 g/mol. The van der Waals surface area contributed by atoms with E-state index < -0.39 is 0 Å². The van der Waals surface area contributed by atoms with Gasteiger partial charge in [0.15, 0.2) is 5.82 Å². The van der Waals surface area contributed by atoms with Gasteiger partial charge in [-0.2, -0.15) is 5.10 Å². The van der Waals surface area contributed by atoms with Gasteiger partial charge in [0.1, 0.15) is 5.56 Å². The highest BCUT2D eigenvalue weighted by atomic mass is 16.5. The molecule has 1 saturated heterocycles. The van der Waals surface area contributed by atoms with Crippen LogP contribution in [0.1, 0.15) is 36.8 Å². The number of nitrogens with zero attached hydrogens (tertiary/aromatic N) is 4. The molecule has 7 nitrogen and oxygen atoms in total. The lowest BCUT2D eigenvalue weighted by Crippen LogP contribution is -2.45. The van der Waals surface area contributed by atoms with Crippen LogP contribution in [0.4, 0.5) is 0 Å². The molecule has 7 heteroatoms. The van der Waals surface area contributed by atoms with E-state index in [1.807, 2.05) is 18.2 Å². The van der Waals surface area contributed by atoms with Crippen LogP contribution in [0.15, 0.2) is 30.6 Å². The van der Waals surface area contributed by atoms with Crippen LogP contribution in [0.5, 0.6) is 0 Å². The van der Waals surface area contributed by atoms with Gasteiger partial charge >= 0.3 is 5.97 Å². The highest BCUT2D eigenvalue weighted by molar-refractivity contribution is 5.90. The number of esters is 1. The molecule has 0 N–H and O–H groups in total. The first-order valence-corrected chi connectivity index (χ1v) is 8.61. The second-order valence-electron chi connectivity index (χ2n) is 6.28. The molecule has 1 fully saturated rings. The third-order valence-corrected chi connectivity index (χ3v) is 4.10. The summed E-state index contributed by atoms with van der Waals surface area (Å²) in [6.45, 7) is 8.45. The van der Waals surface area contributed by atoms with E-state index in [1.54, 1.807) is 24.0 Å². The summed E-state index contributed by atoms with van der Waals surface area (Å²) in [7, 11) is 0. The Morgan fingerprint density at radius 2 is 2.08 bits per heavy atom. The van der Waals surface area contributed by atoms with Crippen LogP contribution in [-0.4, -0.2) is 57.5 Å². The van der Waals surface area contributed by atoms with Gasteiger partial charge in [0, 0.05) is 25.8 Å². The van der Waals surface area contributed by atoms with E-state index in [9.17, 15) is 4.79 Å². The van der Waals surface area contributed by atoms with Crippen molar-refractivity contribution in [2.24, 2.45) is 0 Å². The van der Waals surface area contributed by atoms with E-state index in [4.69, 9.17) is 9.47 Å². The highest BCUT2D eigenvalue weighted by Crippen LogP contribution is 2.20. The van der Waals surface area contributed by atoms with Gasteiger partial charge in [-0.25, -0.2) is 14.5 Å². The molecule has 0 amide bonds. The van der Waals surface area contributed by atoms with Gasteiger partial charge in [-0.1, -0.05) is 6.07 Å². The van der Waals surface area contributed by atoms with Crippen LogP contribution in [0.25, 0.3) is 5.82 Å². The van der Waals surface area contributed by atoms with E-state index in [1.165, 1.54) is 0 Å². The number of aromatic nitrogens is 3. The van der Waals surface area contributed by atoms with Crippen molar-refractivity contribution >= 4 is 5.97 Å². The molecule has 2 atom stereocenters. The van der Waals surface area contributed by atoms with Gasteiger partial charge in [-0.05, 0) is 32.9 Å². The topological polar surface area (TPSA) is 69.5 Å². The third kappa shape index (κ3) is 4.05. The molecule has 25 heavy (non-hydrogen) atoms. The average Bonchev–Trinajstić information content (AvgIpc) is 2.98. The Balaban J connectivity index is 1.93. The zero-order valence-electron chi connectivity index (χ0n) is 14.9. The minimum atomic E-state index is -0.353. The van der Waals surface area contributed by atoms with Gasteiger partial charge in [0.05, 0.1) is 30.7 Å². The van der Waals surface area contributed by atoms with Gasteiger partial charge in [-0.3, -0.25) is 4.90 Å². The number of hydrogen-bond acceptors (Lipinski definition) is 6. The van der Waals surface area contributed by atoms with E-state index in [2.05, 4.69) is 28.8 Å². The standard InChI is InChI=1S/C18H24N4O3/c1-4-24-18(23)15-9-20-22(17-7-5-6-8-19-17)16(15)12-21-10-13(2)25-14(3)11-21/h5-9,13-14H,4,10-12H2,1-3H3/t13-,14+. The second kappa shape index (κ2) is 7.76. The van der Waals surface area contributed by atoms with E-state index in [0.717, 1.165) is 18.8 Å². The Labute approximate surface area is 147 Å². The first kappa shape index (κ1) is 17.6. The SMILES string of the molecule is CCOC(=O)c1cnn(-c2ccccn2)c1CN1C[C@@H](C)O[C@@H](C)C1. The van der Waals surface area contributed by atoms with E-state index in [0.29, 0.717) is 24.5 Å². The summed E-state index contributed by atoms with van der Waals surface area (Å²) in [5, 5.41) is 4.39. The monoisotopic (exact) mass is 344 g/mol. The van der Waals surface area contributed by atoms with Crippen LogP contribution in [0.3, 0.4) is 0 Å². The number of rotatable bonds is 5. The zero-order chi connectivity index (χ0) is 17.8. The number of carbonyl (C=O) groups excluding carboxylic acids is 1. The predicted octanol–water partition coefficient (Wildman–Crippen LogP) is 2.05. The molecule has 2 aromatic heterocycles. The fourth-order valence-electron chi connectivity index (χ4n) is 3.21. The molecule has 0 unspecified atom stereocenters. The van der Waals surface area contributed by atoms with E-state index in [-0.39, 0.29) is 18.2 Å². The largest absolute Gasteiger partial charge is 0.462 e.